The summed E-state index contributed by atoms with van der Waals surface area (Å²) in [5.41, 5.74) is 5.28. The van der Waals surface area contributed by atoms with Gasteiger partial charge in [0.1, 0.15) is 0 Å². The van der Waals surface area contributed by atoms with Crippen molar-refractivity contribution >= 4 is 63.8 Å². The van der Waals surface area contributed by atoms with Gasteiger partial charge in [-0.25, -0.2) is 15.0 Å². The Balaban J connectivity index is 1.21. The lowest BCUT2D eigenvalue weighted by Gasteiger charge is -2.12. The van der Waals surface area contributed by atoms with Crippen LogP contribution < -0.4 is 0 Å². The zero-order chi connectivity index (χ0) is 32.3. The maximum absolute atomic E-state index is 5.27. The van der Waals surface area contributed by atoms with Crippen LogP contribution in [0.3, 0.4) is 0 Å². The van der Waals surface area contributed by atoms with E-state index >= 15 is 0 Å². The number of benzene rings is 8. The third-order valence-corrected chi connectivity index (χ3v) is 10.6. The predicted molar refractivity (Wildman–Crippen MR) is 207 cm³/mol. The number of hydrogen-bond donors (Lipinski definition) is 0. The molecule has 228 valence electrons. The summed E-state index contributed by atoms with van der Waals surface area (Å²) in [5, 5.41) is 9.65. The number of aromatic nitrogens is 3. The molecule has 0 N–H and O–H groups in total. The molecule has 3 nitrogen and oxygen atoms in total. The van der Waals surface area contributed by atoms with Crippen LogP contribution in [0.4, 0.5) is 0 Å². The minimum atomic E-state index is 0.653. The first-order valence-electron chi connectivity index (χ1n) is 16.4. The number of nitrogens with zero attached hydrogens (tertiary/aromatic N) is 3. The van der Waals surface area contributed by atoms with Crippen molar-refractivity contribution in [1.29, 1.82) is 0 Å². The van der Waals surface area contributed by atoms with E-state index in [9.17, 15) is 0 Å². The Labute approximate surface area is 286 Å². The lowest BCUT2D eigenvalue weighted by Crippen LogP contribution is -2.01. The van der Waals surface area contributed by atoms with Crippen molar-refractivity contribution < 1.29 is 0 Å². The van der Waals surface area contributed by atoms with Crippen LogP contribution in [0, 0.1) is 0 Å². The van der Waals surface area contributed by atoms with E-state index in [0.717, 1.165) is 27.6 Å². The van der Waals surface area contributed by atoms with Gasteiger partial charge in [0.05, 0.1) is 0 Å². The van der Waals surface area contributed by atoms with E-state index in [4.69, 9.17) is 15.0 Å². The maximum Gasteiger partial charge on any atom is 0.165 e. The molecule has 0 amide bonds. The summed E-state index contributed by atoms with van der Waals surface area (Å²) in [6.45, 7) is 0. The second-order valence-corrected chi connectivity index (χ2v) is 13.5. The van der Waals surface area contributed by atoms with Crippen LogP contribution in [-0.2, 0) is 0 Å². The summed E-state index contributed by atoms with van der Waals surface area (Å²) >= 11 is 1.83. The molecule has 10 rings (SSSR count). The van der Waals surface area contributed by atoms with Gasteiger partial charge in [0.25, 0.3) is 0 Å². The van der Waals surface area contributed by atoms with Gasteiger partial charge in [0.15, 0.2) is 17.5 Å². The van der Waals surface area contributed by atoms with Crippen molar-refractivity contribution in [3.05, 3.63) is 164 Å². The van der Waals surface area contributed by atoms with Crippen LogP contribution in [0.25, 0.3) is 97.8 Å². The first kappa shape index (κ1) is 27.8. The molecule has 2 heterocycles. The van der Waals surface area contributed by atoms with Gasteiger partial charge in [-0.05, 0) is 67.7 Å². The van der Waals surface area contributed by atoms with Gasteiger partial charge in [-0.2, -0.15) is 0 Å². The van der Waals surface area contributed by atoms with Crippen molar-refractivity contribution in [2.45, 2.75) is 0 Å². The molecule has 0 aliphatic carbocycles. The molecular formula is C45H27N3S. The first-order valence-corrected chi connectivity index (χ1v) is 17.3. The fourth-order valence-corrected chi connectivity index (χ4v) is 8.23. The summed E-state index contributed by atoms with van der Waals surface area (Å²) < 4.78 is 2.48. The summed E-state index contributed by atoms with van der Waals surface area (Å²) in [7, 11) is 0. The van der Waals surface area contributed by atoms with Gasteiger partial charge in [0, 0.05) is 36.9 Å². The average molecular weight is 642 g/mol. The topological polar surface area (TPSA) is 38.7 Å². The van der Waals surface area contributed by atoms with E-state index in [2.05, 4.69) is 146 Å². The second kappa shape index (κ2) is 11.2. The largest absolute Gasteiger partial charge is 0.208 e. The molecule has 0 unspecified atom stereocenters. The van der Waals surface area contributed by atoms with E-state index in [1.807, 2.05) is 29.5 Å². The third kappa shape index (κ3) is 4.76. The molecule has 4 heteroatoms. The summed E-state index contributed by atoms with van der Waals surface area (Å²) in [4.78, 5) is 15.6. The van der Waals surface area contributed by atoms with Gasteiger partial charge >= 0.3 is 0 Å². The van der Waals surface area contributed by atoms with Crippen molar-refractivity contribution in [3.63, 3.8) is 0 Å². The van der Waals surface area contributed by atoms with Crippen LogP contribution >= 0.6 is 11.3 Å². The highest BCUT2D eigenvalue weighted by atomic mass is 32.1. The van der Waals surface area contributed by atoms with E-state index in [0.29, 0.717) is 17.5 Å². The lowest BCUT2D eigenvalue weighted by atomic mass is 9.97. The Morgan fingerprint density at radius 2 is 0.857 bits per heavy atom. The number of hydrogen-bond acceptors (Lipinski definition) is 4. The summed E-state index contributed by atoms with van der Waals surface area (Å²) in [6.07, 6.45) is 0. The number of thiophene rings is 1. The van der Waals surface area contributed by atoms with Gasteiger partial charge in [-0.3, -0.25) is 0 Å². The van der Waals surface area contributed by atoms with Crippen LogP contribution in [-0.4, -0.2) is 15.0 Å². The van der Waals surface area contributed by atoms with Crippen molar-refractivity contribution in [2.75, 3.05) is 0 Å². The van der Waals surface area contributed by atoms with Crippen LogP contribution in [0.1, 0.15) is 0 Å². The molecule has 8 aromatic carbocycles. The molecule has 10 aromatic rings. The highest BCUT2D eigenvalue weighted by Gasteiger charge is 2.20. The SMILES string of the molecule is c1ccc(-c2nc(-c3ccc(-c4ccc5ccccc5c4)cc3)nc(-c3c4ccccc4cc4sc5cc6ccccc6cc5c34)n2)cc1. The van der Waals surface area contributed by atoms with Crippen molar-refractivity contribution in [2.24, 2.45) is 0 Å². The molecule has 49 heavy (non-hydrogen) atoms. The lowest BCUT2D eigenvalue weighted by molar-refractivity contribution is 1.08. The highest BCUT2D eigenvalue weighted by molar-refractivity contribution is 7.26. The second-order valence-electron chi connectivity index (χ2n) is 12.5. The molecule has 0 aliphatic rings. The fraction of sp³-hybridized carbons (Fsp3) is 0. The Hall–Kier alpha value is -6.23. The first-order chi connectivity index (χ1) is 24.2. The Bertz CT molecular complexity index is 2870. The van der Waals surface area contributed by atoms with E-state index in [1.165, 1.54) is 52.7 Å². The zero-order valence-electron chi connectivity index (χ0n) is 26.3. The smallest absolute Gasteiger partial charge is 0.165 e. The van der Waals surface area contributed by atoms with E-state index < -0.39 is 0 Å². The Kier molecular flexibility index (Phi) is 6.36. The van der Waals surface area contributed by atoms with Gasteiger partial charge in [-0.1, -0.05) is 140 Å². The van der Waals surface area contributed by atoms with Crippen molar-refractivity contribution in [3.8, 4) is 45.3 Å². The molecule has 2 aromatic heterocycles. The number of rotatable bonds is 4. The zero-order valence-corrected chi connectivity index (χ0v) is 27.2. The Morgan fingerprint density at radius 1 is 0.327 bits per heavy atom. The van der Waals surface area contributed by atoms with E-state index in [1.54, 1.807) is 0 Å². The molecular weight excluding hydrogens is 615 g/mol. The van der Waals surface area contributed by atoms with Crippen LogP contribution in [0.2, 0.25) is 0 Å². The standard InChI is InChI=1S/C45H27N3S/c1-2-11-30(12-3-1)43-46-44(31-21-18-29(19-22-31)35-23-20-28-10-4-5-13-32(28)24-35)48-45(47-43)42-37-17-9-8-16-36(37)27-40-41(42)38-25-33-14-6-7-15-34(33)26-39(38)49-40/h1-27H. The molecule has 0 fully saturated rings. The molecule has 0 saturated carbocycles. The summed E-state index contributed by atoms with van der Waals surface area (Å²) in [6, 6.07) is 58.0. The normalized spacial score (nSPS) is 11.7. The Morgan fingerprint density at radius 3 is 1.61 bits per heavy atom. The van der Waals surface area contributed by atoms with E-state index in [-0.39, 0.29) is 0 Å². The molecule has 0 saturated heterocycles. The average Bonchev–Trinajstić information content (AvgIpc) is 3.52. The van der Waals surface area contributed by atoms with Gasteiger partial charge < -0.3 is 0 Å². The molecule has 0 atom stereocenters. The predicted octanol–water partition coefficient (Wildman–Crippen LogP) is 12.4. The molecule has 0 spiro atoms. The maximum atomic E-state index is 5.27. The molecule has 0 radical (unpaired) electrons. The molecule has 0 aliphatic heterocycles. The van der Waals surface area contributed by atoms with Gasteiger partial charge in [0.2, 0.25) is 0 Å². The fourth-order valence-electron chi connectivity index (χ4n) is 7.03. The quantitative estimate of drug-likeness (QED) is 0.192. The third-order valence-electron chi connectivity index (χ3n) is 9.47. The van der Waals surface area contributed by atoms with Crippen molar-refractivity contribution in [1.82, 2.24) is 15.0 Å². The monoisotopic (exact) mass is 641 g/mol. The van der Waals surface area contributed by atoms with Crippen LogP contribution in [0.15, 0.2) is 164 Å². The highest BCUT2D eigenvalue weighted by Crippen LogP contribution is 2.45. The molecule has 0 bridgehead atoms. The number of fused-ring (bicyclic) bond motifs is 6. The van der Waals surface area contributed by atoms with Crippen LogP contribution in [0.5, 0.6) is 0 Å². The van der Waals surface area contributed by atoms with Gasteiger partial charge in [-0.15, -0.1) is 11.3 Å². The minimum absolute atomic E-state index is 0.653. The summed E-state index contributed by atoms with van der Waals surface area (Å²) in [5.74, 6) is 1.99. The minimum Gasteiger partial charge on any atom is -0.208 e.